The van der Waals surface area contributed by atoms with Gasteiger partial charge in [-0.3, -0.25) is 4.68 Å². The Labute approximate surface area is 148 Å². The Balaban J connectivity index is 1.33. The summed E-state index contributed by atoms with van der Waals surface area (Å²) in [5.41, 5.74) is 3.65. The third-order valence-corrected chi connectivity index (χ3v) is 4.97. The highest BCUT2D eigenvalue weighted by atomic mass is 16.5. The molecule has 1 fully saturated rings. The molecule has 132 valence electrons. The maximum absolute atomic E-state index is 5.97. The highest BCUT2D eigenvalue weighted by Crippen LogP contribution is 2.34. The van der Waals surface area contributed by atoms with E-state index in [1.807, 2.05) is 29.1 Å². The van der Waals surface area contributed by atoms with Gasteiger partial charge in [0, 0.05) is 49.5 Å². The van der Waals surface area contributed by atoms with E-state index in [-0.39, 0.29) is 6.10 Å². The Morgan fingerprint density at radius 1 is 1.32 bits per heavy atom. The van der Waals surface area contributed by atoms with Gasteiger partial charge in [-0.15, -0.1) is 0 Å². The van der Waals surface area contributed by atoms with Crippen LogP contribution in [-0.2, 0) is 11.3 Å². The highest BCUT2D eigenvalue weighted by molar-refractivity contribution is 5.62. The zero-order chi connectivity index (χ0) is 17.1. The average molecular weight is 339 g/mol. The van der Waals surface area contributed by atoms with E-state index in [4.69, 9.17) is 9.47 Å². The van der Waals surface area contributed by atoms with Crippen LogP contribution in [0.5, 0.6) is 5.75 Å². The minimum absolute atomic E-state index is 0.158. The van der Waals surface area contributed by atoms with Crippen LogP contribution in [0.1, 0.15) is 30.6 Å². The summed E-state index contributed by atoms with van der Waals surface area (Å²) in [4.78, 5) is 0. The zero-order valence-corrected chi connectivity index (χ0v) is 14.6. The topological polar surface area (TPSA) is 48.3 Å². The summed E-state index contributed by atoms with van der Waals surface area (Å²) in [6.45, 7) is 6.28. The fourth-order valence-corrected chi connectivity index (χ4v) is 3.59. The number of para-hydroxylation sites is 1. The van der Waals surface area contributed by atoms with Gasteiger partial charge in [0.25, 0.3) is 0 Å². The van der Waals surface area contributed by atoms with Gasteiger partial charge in [0.15, 0.2) is 0 Å². The van der Waals surface area contributed by atoms with Gasteiger partial charge in [0.05, 0.1) is 12.3 Å². The minimum Gasteiger partial charge on any atom is -0.489 e. The highest BCUT2D eigenvalue weighted by Gasteiger charge is 2.30. The van der Waals surface area contributed by atoms with Crippen LogP contribution < -0.4 is 10.1 Å². The molecule has 5 heteroatoms. The average Bonchev–Trinajstić information content (AvgIpc) is 3.30. The van der Waals surface area contributed by atoms with Crippen molar-refractivity contribution < 1.29 is 9.47 Å². The standard InChI is InChI=1S/C20H25N3O2/c1-2-23-13-18(12-22-23)20-17(7-8-24-20)11-21-10-15-9-16-5-3-4-6-19(16)25-14-15/h3-6,9,12-13,17,20-21H,2,7-8,10-11,14H2,1H3/t17-,20-/m0/s1. The molecule has 0 radical (unpaired) electrons. The van der Waals surface area contributed by atoms with Crippen molar-refractivity contribution in [3.05, 3.63) is 53.4 Å². The fourth-order valence-electron chi connectivity index (χ4n) is 3.59. The molecule has 1 aromatic carbocycles. The van der Waals surface area contributed by atoms with Crippen LogP contribution in [0.3, 0.4) is 0 Å². The number of fused-ring (bicyclic) bond motifs is 1. The molecule has 3 heterocycles. The molecule has 0 amide bonds. The molecule has 5 nitrogen and oxygen atoms in total. The van der Waals surface area contributed by atoms with Crippen LogP contribution in [0.15, 0.2) is 42.2 Å². The molecule has 0 bridgehead atoms. The maximum atomic E-state index is 5.97. The van der Waals surface area contributed by atoms with Crippen molar-refractivity contribution in [1.29, 1.82) is 0 Å². The summed E-state index contributed by atoms with van der Waals surface area (Å²) in [5, 5.41) is 7.97. The Bertz CT molecular complexity index is 753. The predicted octanol–water partition coefficient (Wildman–Crippen LogP) is 3.05. The third kappa shape index (κ3) is 3.62. The lowest BCUT2D eigenvalue weighted by molar-refractivity contribution is 0.0906. The molecule has 0 aliphatic carbocycles. The monoisotopic (exact) mass is 339 g/mol. The second-order valence-corrected chi connectivity index (χ2v) is 6.73. The number of hydrogen-bond acceptors (Lipinski definition) is 4. The second kappa shape index (κ2) is 7.42. The molecule has 0 saturated carbocycles. The number of nitrogens with one attached hydrogen (secondary N) is 1. The van der Waals surface area contributed by atoms with E-state index < -0.39 is 0 Å². The largest absolute Gasteiger partial charge is 0.489 e. The molecule has 25 heavy (non-hydrogen) atoms. The molecule has 2 aliphatic rings. The van der Waals surface area contributed by atoms with Crippen LogP contribution >= 0.6 is 0 Å². The first-order valence-electron chi connectivity index (χ1n) is 9.09. The number of hydrogen-bond donors (Lipinski definition) is 1. The first-order valence-corrected chi connectivity index (χ1v) is 9.09. The summed E-state index contributed by atoms with van der Waals surface area (Å²) in [6.07, 6.45) is 7.54. The van der Waals surface area contributed by atoms with Crippen LogP contribution in [-0.4, -0.2) is 36.1 Å². The molecule has 2 aromatic rings. The van der Waals surface area contributed by atoms with E-state index in [0.29, 0.717) is 12.5 Å². The molecule has 0 spiro atoms. The van der Waals surface area contributed by atoms with Gasteiger partial charge in [-0.05, 0) is 31.1 Å². The van der Waals surface area contributed by atoms with Gasteiger partial charge in [-0.1, -0.05) is 18.2 Å². The maximum Gasteiger partial charge on any atom is 0.127 e. The Hall–Kier alpha value is -2.11. The van der Waals surface area contributed by atoms with E-state index in [2.05, 4.69) is 35.7 Å². The molecule has 1 aromatic heterocycles. The van der Waals surface area contributed by atoms with Gasteiger partial charge in [-0.25, -0.2) is 0 Å². The lowest BCUT2D eigenvalue weighted by Gasteiger charge is -2.21. The van der Waals surface area contributed by atoms with E-state index in [0.717, 1.165) is 38.4 Å². The van der Waals surface area contributed by atoms with E-state index >= 15 is 0 Å². The molecule has 2 aliphatic heterocycles. The molecule has 1 saturated heterocycles. The van der Waals surface area contributed by atoms with E-state index in [9.17, 15) is 0 Å². The predicted molar refractivity (Wildman–Crippen MR) is 97.5 cm³/mol. The quantitative estimate of drug-likeness (QED) is 0.879. The molecule has 4 rings (SSSR count). The summed E-state index contributed by atoms with van der Waals surface area (Å²) >= 11 is 0. The normalized spacial score (nSPS) is 22.4. The lowest BCUT2D eigenvalue weighted by atomic mass is 9.97. The minimum atomic E-state index is 0.158. The number of benzene rings is 1. The van der Waals surface area contributed by atoms with Crippen molar-refractivity contribution >= 4 is 6.08 Å². The SMILES string of the molecule is CCn1cc([C@H]2OCC[C@H]2CNCC2=Cc3ccccc3OC2)cn1. The first kappa shape index (κ1) is 16.4. The zero-order valence-electron chi connectivity index (χ0n) is 14.6. The van der Waals surface area contributed by atoms with Crippen LogP contribution in [0.2, 0.25) is 0 Å². The van der Waals surface area contributed by atoms with Gasteiger partial charge in [0.2, 0.25) is 0 Å². The molecule has 0 unspecified atom stereocenters. The first-order chi connectivity index (χ1) is 12.3. The third-order valence-electron chi connectivity index (χ3n) is 4.97. The summed E-state index contributed by atoms with van der Waals surface area (Å²) in [5.74, 6) is 1.47. The molecule has 1 N–H and O–H groups in total. The molecular weight excluding hydrogens is 314 g/mol. The summed E-state index contributed by atoms with van der Waals surface area (Å²) in [7, 11) is 0. The fraction of sp³-hybridized carbons (Fsp3) is 0.450. The van der Waals surface area contributed by atoms with Crippen LogP contribution in [0.25, 0.3) is 6.08 Å². The van der Waals surface area contributed by atoms with Crippen molar-refractivity contribution in [2.75, 3.05) is 26.3 Å². The molecular formula is C20H25N3O2. The lowest BCUT2D eigenvalue weighted by Crippen LogP contribution is -2.28. The smallest absolute Gasteiger partial charge is 0.127 e. The van der Waals surface area contributed by atoms with Gasteiger partial charge < -0.3 is 14.8 Å². The van der Waals surface area contributed by atoms with Crippen molar-refractivity contribution in [3.63, 3.8) is 0 Å². The number of aryl methyl sites for hydroxylation is 1. The number of rotatable bonds is 6. The Kier molecular flexibility index (Phi) is 4.85. The summed E-state index contributed by atoms with van der Waals surface area (Å²) in [6, 6.07) is 8.18. The van der Waals surface area contributed by atoms with Gasteiger partial charge in [-0.2, -0.15) is 5.10 Å². The van der Waals surface area contributed by atoms with Crippen molar-refractivity contribution in [1.82, 2.24) is 15.1 Å². The summed E-state index contributed by atoms with van der Waals surface area (Å²) < 4.78 is 13.7. The second-order valence-electron chi connectivity index (χ2n) is 6.73. The number of nitrogens with zero attached hydrogens (tertiary/aromatic N) is 2. The van der Waals surface area contributed by atoms with Gasteiger partial charge >= 0.3 is 0 Å². The Morgan fingerprint density at radius 2 is 2.24 bits per heavy atom. The van der Waals surface area contributed by atoms with Crippen molar-refractivity contribution in [2.45, 2.75) is 26.0 Å². The number of ether oxygens (including phenoxy) is 2. The number of aromatic nitrogens is 2. The van der Waals surface area contributed by atoms with Gasteiger partial charge in [0.1, 0.15) is 12.4 Å². The Morgan fingerprint density at radius 3 is 3.12 bits per heavy atom. The van der Waals surface area contributed by atoms with E-state index in [1.165, 1.54) is 16.7 Å². The van der Waals surface area contributed by atoms with Crippen molar-refractivity contribution in [2.24, 2.45) is 5.92 Å². The molecule has 2 atom stereocenters. The van der Waals surface area contributed by atoms with Crippen molar-refractivity contribution in [3.8, 4) is 5.75 Å². The van der Waals surface area contributed by atoms with Crippen LogP contribution in [0, 0.1) is 5.92 Å². The van der Waals surface area contributed by atoms with E-state index in [1.54, 1.807) is 0 Å². The van der Waals surface area contributed by atoms with Crippen LogP contribution in [0.4, 0.5) is 0 Å².